The molecule has 1 fully saturated rings. The molecule has 1 saturated carbocycles. The highest BCUT2D eigenvalue weighted by molar-refractivity contribution is 6.24. The molecular formula is C26H30N2O4. The van der Waals surface area contributed by atoms with Crippen LogP contribution in [0.25, 0.3) is 0 Å². The van der Waals surface area contributed by atoms with Crippen molar-refractivity contribution < 1.29 is 19.2 Å². The number of benzene rings is 1. The summed E-state index contributed by atoms with van der Waals surface area (Å²) in [7, 11) is 0. The predicted molar refractivity (Wildman–Crippen MR) is 122 cm³/mol. The van der Waals surface area contributed by atoms with E-state index in [0.717, 1.165) is 18.4 Å². The summed E-state index contributed by atoms with van der Waals surface area (Å²) in [5.41, 5.74) is 3.31. The molecular weight excluding hydrogens is 404 g/mol. The number of aryl methyl sites for hydroxylation is 1. The Hall–Kier alpha value is -3.02. The second-order valence-corrected chi connectivity index (χ2v) is 8.80. The van der Waals surface area contributed by atoms with Crippen molar-refractivity contribution >= 4 is 17.3 Å². The average Bonchev–Trinajstić information content (AvgIpc) is 3.21. The molecule has 0 bridgehead atoms. The van der Waals surface area contributed by atoms with Crippen LogP contribution in [0.5, 0.6) is 0 Å². The third-order valence-corrected chi connectivity index (χ3v) is 6.49. The largest absolute Gasteiger partial charge is 0.511 e. The number of allylic oxidation sites excluding steroid dienone is 2. The van der Waals surface area contributed by atoms with E-state index in [4.69, 9.17) is 4.52 Å². The van der Waals surface area contributed by atoms with Gasteiger partial charge in [-0.05, 0) is 37.7 Å². The van der Waals surface area contributed by atoms with Gasteiger partial charge in [-0.15, -0.1) is 0 Å². The van der Waals surface area contributed by atoms with Gasteiger partial charge in [0.25, 0.3) is 0 Å². The molecule has 2 unspecified atom stereocenters. The third kappa shape index (κ3) is 4.59. The molecule has 0 aliphatic heterocycles. The molecule has 0 radical (unpaired) electrons. The van der Waals surface area contributed by atoms with E-state index in [1.165, 1.54) is 0 Å². The Morgan fingerprint density at radius 2 is 1.97 bits per heavy atom. The number of nitrogens with zero attached hydrogens (tertiary/aromatic N) is 2. The molecule has 2 aliphatic carbocycles. The minimum absolute atomic E-state index is 0.0243. The fourth-order valence-corrected chi connectivity index (χ4v) is 4.57. The van der Waals surface area contributed by atoms with Crippen LogP contribution in [0.3, 0.4) is 0 Å². The first-order valence-electron chi connectivity index (χ1n) is 11.6. The van der Waals surface area contributed by atoms with Gasteiger partial charge in [0, 0.05) is 43.9 Å². The number of aliphatic imine (C=N–C) groups is 1. The predicted octanol–water partition coefficient (Wildman–Crippen LogP) is 5.32. The Bertz CT molecular complexity index is 1060. The SMILES string of the molecule is CCC(C)N=C1CCCC(=O)/C1=C(/O)CCc1noc2c1C(=O)CC(c1ccccc1)C2. The summed E-state index contributed by atoms with van der Waals surface area (Å²) < 4.78 is 5.54. The van der Waals surface area contributed by atoms with Crippen molar-refractivity contribution in [1.29, 1.82) is 0 Å². The van der Waals surface area contributed by atoms with Crippen LogP contribution in [0.4, 0.5) is 0 Å². The van der Waals surface area contributed by atoms with Gasteiger partial charge in [-0.1, -0.05) is 42.4 Å². The smallest absolute Gasteiger partial charge is 0.168 e. The van der Waals surface area contributed by atoms with Crippen LogP contribution in [0, 0.1) is 0 Å². The van der Waals surface area contributed by atoms with Crippen molar-refractivity contribution in [2.45, 2.75) is 77.2 Å². The molecule has 168 valence electrons. The zero-order valence-corrected chi connectivity index (χ0v) is 18.8. The van der Waals surface area contributed by atoms with E-state index < -0.39 is 0 Å². The van der Waals surface area contributed by atoms with Crippen LogP contribution in [0.1, 0.15) is 85.7 Å². The lowest BCUT2D eigenvalue weighted by atomic mass is 9.81. The number of carbonyl (C=O) groups excluding carboxylic acids is 2. The Kier molecular flexibility index (Phi) is 6.68. The average molecular weight is 435 g/mol. The highest BCUT2D eigenvalue weighted by Crippen LogP contribution is 2.35. The fourth-order valence-electron chi connectivity index (χ4n) is 4.57. The van der Waals surface area contributed by atoms with Gasteiger partial charge in [0.1, 0.15) is 11.5 Å². The summed E-state index contributed by atoms with van der Waals surface area (Å²) in [6.45, 7) is 4.06. The van der Waals surface area contributed by atoms with Crippen LogP contribution in [0.15, 0.2) is 51.2 Å². The fraction of sp³-hybridized carbons (Fsp3) is 0.462. The second-order valence-electron chi connectivity index (χ2n) is 8.80. The van der Waals surface area contributed by atoms with E-state index in [9.17, 15) is 14.7 Å². The van der Waals surface area contributed by atoms with Crippen molar-refractivity contribution in [2.75, 3.05) is 0 Å². The number of fused-ring (bicyclic) bond motifs is 1. The molecule has 2 aliphatic rings. The molecule has 6 nitrogen and oxygen atoms in total. The van der Waals surface area contributed by atoms with Gasteiger partial charge in [-0.2, -0.15) is 0 Å². The van der Waals surface area contributed by atoms with Crippen molar-refractivity contribution in [3.63, 3.8) is 0 Å². The summed E-state index contributed by atoms with van der Waals surface area (Å²) in [4.78, 5) is 30.1. The van der Waals surface area contributed by atoms with Crippen LogP contribution in [-0.4, -0.2) is 33.6 Å². The van der Waals surface area contributed by atoms with Crippen molar-refractivity contribution in [3.05, 3.63) is 64.2 Å². The highest BCUT2D eigenvalue weighted by Gasteiger charge is 2.33. The molecule has 6 heteroatoms. The molecule has 0 saturated heterocycles. The molecule has 4 rings (SSSR count). The van der Waals surface area contributed by atoms with Gasteiger partial charge < -0.3 is 9.63 Å². The van der Waals surface area contributed by atoms with Crippen LogP contribution in [0.2, 0.25) is 0 Å². The maximum Gasteiger partial charge on any atom is 0.168 e. The first-order chi connectivity index (χ1) is 15.5. The Morgan fingerprint density at radius 3 is 2.72 bits per heavy atom. The highest BCUT2D eigenvalue weighted by atomic mass is 16.5. The third-order valence-electron chi connectivity index (χ3n) is 6.49. The monoisotopic (exact) mass is 434 g/mol. The normalized spacial score (nSPS) is 22.7. The number of aliphatic hydroxyl groups excluding tert-OH is 1. The van der Waals surface area contributed by atoms with E-state index in [0.29, 0.717) is 60.4 Å². The first kappa shape index (κ1) is 22.2. The van der Waals surface area contributed by atoms with E-state index >= 15 is 0 Å². The maximum absolute atomic E-state index is 12.9. The Balaban J connectivity index is 1.52. The summed E-state index contributed by atoms with van der Waals surface area (Å²) in [5.74, 6) is 0.715. The zero-order chi connectivity index (χ0) is 22.7. The van der Waals surface area contributed by atoms with Crippen molar-refractivity contribution in [1.82, 2.24) is 5.16 Å². The minimum Gasteiger partial charge on any atom is -0.511 e. The molecule has 1 aromatic carbocycles. The van der Waals surface area contributed by atoms with Crippen LogP contribution >= 0.6 is 0 Å². The van der Waals surface area contributed by atoms with Crippen molar-refractivity contribution in [2.24, 2.45) is 4.99 Å². The van der Waals surface area contributed by atoms with E-state index in [2.05, 4.69) is 17.1 Å². The van der Waals surface area contributed by atoms with Gasteiger partial charge in [-0.25, -0.2) is 0 Å². The van der Waals surface area contributed by atoms with Crippen LogP contribution < -0.4 is 0 Å². The number of aliphatic hydroxyl groups is 1. The molecule has 2 aromatic rings. The molecule has 1 N–H and O–H groups in total. The van der Waals surface area contributed by atoms with Gasteiger partial charge in [0.15, 0.2) is 11.6 Å². The lowest BCUT2D eigenvalue weighted by Crippen LogP contribution is -2.23. The quantitative estimate of drug-likeness (QED) is 0.490. The zero-order valence-electron chi connectivity index (χ0n) is 18.8. The van der Waals surface area contributed by atoms with E-state index in [1.54, 1.807) is 0 Å². The summed E-state index contributed by atoms with van der Waals surface area (Å²) >= 11 is 0. The lowest BCUT2D eigenvalue weighted by Gasteiger charge is -2.20. The topological polar surface area (TPSA) is 92.8 Å². The molecule has 0 amide bonds. The van der Waals surface area contributed by atoms with Gasteiger partial charge in [0.05, 0.1) is 16.8 Å². The summed E-state index contributed by atoms with van der Waals surface area (Å²) in [6, 6.07) is 10.1. The van der Waals surface area contributed by atoms with Crippen LogP contribution in [-0.2, 0) is 17.6 Å². The molecule has 32 heavy (non-hydrogen) atoms. The first-order valence-corrected chi connectivity index (χ1v) is 11.6. The Morgan fingerprint density at radius 1 is 1.19 bits per heavy atom. The number of carbonyl (C=O) groups is 2. The van der Waals surface area contributed by atoms with E-state index in [-0.39, 0.29) is 35.7 Å². The number of hydrogen-bond acceptors (Lipinski definition) is 6. The molecule has 2 atom stereocenters. The standard InChI is InChI=1S/C26H30N2O4/c1-3-16(2)27-19-10-7-11-21(29)25(19)22(30)13-12-20-26-23(31)14-18(15-24(26)32-28-20)17-8-5-4-6-9-17/h4-6,8-9,16,18,30H,3,7,10-15H2,1-2H3/b25-22+,27-19?. The number of ketones is 2. The number of hydrogen-bond donors (Lipinski definition) is 1. The maximum atomic E-state index is 12.9. The van der Waals surface area contributed by atoms with Gasteiger partial charge in [0.2, 0.25) is 0 Å². The number of rotatable bonds is 6. The van der Waals surface area contributed by atoms with E-state index in [1.807, 2.05) is 37.3 Å². The lowest BCUT2D eigenvalue weighted by molar-refractivity contribution is -0.115. The summed E-state index contributed by atoms with van der Waals surface area (Å²) in [6.07, 6.45) is 4.40. The second kappa shape index (κ2) is 9.63. The molecule has 1 aromatic heterocycles. The molecule has 0 spiro atoms. The summed E-state index contributed by atoms with van der Waals surface area (Å²) in [5, 5.41) is 14.9. The van der Waals surface area contributed by atoms with Gasteiger partial charge >= 0.3 is 0 Å². The molecule has 1 heterocycles. The number of Topliss-reactive ketones (excluding diaryl/α,β-unsaturated/α-hetero) is 2. The van der Waals surface area contributed by atoms with Gasteiger partial charge in [-0.3, -0.25) is 14.6 Å². The minimum atomic E-state index is -0.0558. The Labute approximate surface area is 188 Å². The number of aromatic nitrogens is 1. The van der Waals surface area contributed by atoms with Crippen molar-refractivity contribution in [3.8, 4) is 0 Å².